The molecule has 7 nitrogen and oxygen atoms in total. The van der Waals surface area contributed by atoms with Crippen molar-refractivity contribution in [1.29, 1.82) is 0 Å². The normalized spacial score (nSPS) is 44.8. The molecule has 4 fully saturated rings. The summed E-state index contributed by atoms with van der Waals surface area (Å²) < 4.78 is 18.3. The molecule has 5 rings (SSSR count). The van der Waals surface area contributed by atoms with E-state index < -0.39 is 35.5 Å². The smallest absolute Gasteiger partial charge is 0.316 e. The average molecular weight is 519 g/mol. The molecule has 3 saturated carbocycles. The molecule has 4 aliphatic carbocycles. The van der Waals surface area contributed by atoms with E-state index in [2.05, 4.69) is 20.8 Å². The summed E-state index contributed by atoms with van der Waals surface area (Å²) in [6.45, 7) is 5.91. The van der Waals surface area contributed by atoms with Crippen LogP contribution in [-0.4, -0.2) is 65.4 Å². The number of aliphatic hydroxyl groups excluding tert-OH is 1. The van der Waals surface area contributed by atoms with Crippen LogP contribution in [-0.2, 0) is 28.6 Å². The predicted molar refractivity (Wildman–Crippen MR) is 135 cm³/mol. The Labute approximate surface area is 217 Å². The van der Waals surface area contributed by atoms with E-state index in [1.807, 2.05) is 12.3 Å². The maximum Gasteiger partial charge on any atom is 0.316 e. The van der Waals surface area contributed by atoms with Crippen LogP contribution in [0, 0.1) is 28.6 Å². The van der Waals surface area contributed by atoms with Gasteiger partial charge in [-0.3, -0.25) is 14.4 Å². The molecule has 0 aromatic heterocycles. The number of rotatable bonds is 7. The molecule has 198 valence electrons. The second-order valence-corrected chi connectivity index (χ2v) is 12.5. The summed E-state index contributed by atoms with van der Waals surface area (Å²) >= 11 is 1.35. The molecule has 5 aliphatic rings. The Kier molecular flexibility index (Phi) is 6.80. The number of Topliss-reactive ketones (excluding diaryl/α,β-unsaturated/α-hetero) is 1. The summed E-state index contributed by atoms with van der Waals surface area (Å²) in [7, 11) is 0. The minimum absolute atomic E-state index is 0.01000. The minimum atomic E-state index is -1.25. The van der Waals surface area contributed by atoms with Gasteiger partial charge in [0.1, 0.15) is 0 Å². The van der Waals surface area contributed by atoms with Crippen molar-refractivity contribution >= 4 is 29.3 Å². The number of hydrogen-bond donors (Lipinski definition) is 1. The van der Waals surface area contributed by atoms with Gasteiger partial charge >= 0.3 is 5.97 Å². The maximum atomic E-state index is 13.9. The first-order valence-corrected chi connectivity index (χ1v) is 14.6. The Bertz CT molecular complexity index is 1010. The number of aliphatic hydroxyl groups is 1. The first kappa shape index (κ1) is 26.1. The summed E-state index contributed by atoms with van der Waals surface area (Å²) in [4.78, 5) is 38.1. The molecule has 0 amide bonds. The van der Waals surface area contributed by atoms with Crippen molar-refractivity contribution in [2.75, 3.05) is 18.6 Å². The molecule has 0 bridgehead atoms. The largest absolute Gasteiger partial charge is 0.457 e. The summed E-state index contributed by atoms with van der Waals surface area (Å²) in [6, 6.07) is 0. The predicted octanol–water partition coefficient (Wildman–Crippen LogP) is 3.63. The zero-order chi connectivity index (χ0) is 25.9. The van der Waals surface area contributed by atoms with Crippen LogP contribution in [0.1, 0.15) is 59.3 Å². The van der Waals surface area contributed by atoms with Crippen molar-refractivity contribution in [2.24, 2.45) is 28.6 Å². The molecule has 1 N–H and O–H groups in total. The number of ketones is 2. The van der Waals surface area contributed by atoms with E-state index >= 15 is 0 Å². The van der Waals surface area contributed by atoms with Crippen molar-refractivity contribution in [3.8, 4) is 0 Å². The SMILES string of the molecule is CCCC1O[C@@H]2C[C@H]3[C@@H]4CCC5=CC(=O)C=C[C@]5(C)[C@H]4[C@@H](O)C[C@]3(C)[C@]2(C(=O)COC(=O)CSC)O1. The number of thioether (sulfide) groups is 1. The lowest BCUT2D eigenvalue weighted by molar-refractivity contribution is -0.201. The van der Waals surface area contributed by atoms with Gasteiger partial charge in [0.15, 0.2) is 24.3 Å². The zero-order valence-corrected chi connectivity index (χ0v) is 22.5. The second-order valence-electron chi connectivity index (χ2n) is 11.7. The number of ether oxygens (including phenoxy) is 3. The van der Waals surface area contributed by atoms with Crippen molar-refractivity contribution in [2.45, 2.75) is 83.4 Å². The fourth-order valence-electron chi connectivity index (χ4n) is 8.42. The van der Waals surface area contributed by atoms with E-state index in [9.17, 15) is 19.5 Å². The van der Waals surface area contributed by atoms with Gasteiger partial charge in [-0.05, 0) is 62.3 Å². The highest BCUT2D eigenvalue weighted by Crippen LogP contribution is 2.69. The van der Waals surface area contributed by atoms with E-state index in [0.717, 1.165) is 24.8 Å². The van der Waals surface area contributed by atoms with Crippen molar-refractivity contribution in [3.63, 3.8) is 0 Å². The van der Waals surface area contributed by atoms with Crippen LogP contribution in [0.15, 0.2) is 23.8 Å². The molecule has 0 aromatic carbocycles. The van der Waals surface area contributed by atoms with Crippen LogP contribution >= 0.6 is 11.8 Å². The van der Waals surface area contributed by atoms with E-state index in [4.69, 9.17) is 14.2 Å². The molecule has 1 saturated heterocycles. The van der Waals surface area contributed by atoms with Gasteiger partial charge in [0.2, 0.25) is 5.78 Å². The quantitative estimate of drug-likeness (QED) is 0.510. The van der Waals surface area contributed by atoms with Crippen LogP contribution in [0.3, 0.4) is 0 Å². The molecule has 1 unspecified atom stereocenters. The van der Waals surface area contributed by atoms with Gasteiger partial charge in [0, 0.05) is 16.7 Å². The van der Waals surface area contributed by atoms with Crippen LogP contribution in [0.25, 0.3) is 0 Å². The molecule has 1 aliphatic heterocycles. The highest BCUT2D eigenvalue weighted by Gasteiger charge is 2.75. The van der Waals surface area contributed by atoms with Crippen LogP contribution < -0.4 is 0 Å². The van der Waals surface area contributed by atoms with Crippen LogP contribution in [0.5, 0.6) is 0 Å². The van der Waals surface area contributed by atoms with E-state index in [1.165, 1.54) is 11.8 Å². The molecular formula is C28H38O7S. The number of hydrogen-bond acceptors (Lipinski definition) is 8. The van der Waals surface area contributed by atoms with E-state index in [0.29, 0.717) is 19.3 Å². The van der Waals surface area contributed by atoms with Gasteiger partial charge < -0.3 is 19.3 Å². The third-order valence-corrected chi connectivity index (χ3v) is 10.4. The van der Waals surface area contributed by atoms with Crippen molar-refractivity contribution in [1.82, 2.24) is 0 Å². The first-order chi connectivity index (χ1) is 17.1. The fraction of sp³-hybridized carbons (Fsp3) is 0.750. The average Bonchev–Trinajstić information content (AvgIpc) is 3.30. The Balaban J connectivity index is 1.49. The third-order valence-electron chi connectivity index (χ3n) is 9.85. The van der Waals surface area contributed by atoms with Gasteiger partial charge in [-0.15, -0.1) is 0 Å². The summed E-state index contributed by atoms with van der Waals surface area (Å²) in [5.41, 5.74) is -1.20. The van der Waals surface area contributed by atoms with Gasteiger partial charge in [0.25, 0.3) is 0 Å². The number of carbonyl (C=O) groups excluding carboxylic acids is 3. The van der Waals surface area contributed by atoms with Crippen LogP contribution in [0.4, 0.5) is 0 Å². The molecule has 0 radical (unpaired) electrons. The Morgan fingerprint density at radius 1 is 1.31 bits per heavy atom. The molecule has 0 aromatic rings. The maximum absolute atomic E-state index is 13.9. The molecule has 0 spiro atoms. The highest BCUT2D eigenvalue weighted by molar-refractivity contribution is 7.99. The Hall–Kier alpha value is -1.48. The molecule has 9 atom stereocenters. The van der Waals surface area contributed by atoms with Crippen molar-refractivity contribution in [3.05, 3.63) is 23.8 Å². The van der Waals surface area contributed by atoms with Crippen LogP contribution in [0.2, 0.25) is 0 Å². The molecule has 1 heterocycles. The number of fused-ring (bicyclic) bond motifs is 7. The van der Waals surface area contributed by atoms with Gasteiger partial charge in [0.05, 0.1) is 18.0 Å². The topological polar surface area (TPSA) is 99.1 Å². The molecule has 8 heteroatoms. The summed E-state index contributed by atoms with van der Waals surface area (Å²) in [5, 5.41) is 11.7. The van der Waals surface area contributed by atoms with Gasteiger partial charge in [-0.25, -0.2) is 0 Å². The standard InChI is InChI=1S/C28H38O7S/c1-5-6-24-34-22-12-19-18-8-7-16-11-17(29)9-10-26(16,2)25(18)20(30)13-27(19,3)28(22,35-24)21(31)14-33-23(32)15-36-4/h9-11,18-20,22,24-25,30H,5-8,12-15H2,1-4H3/t18-,19-,20-,22+,24?,25+,26-,27-,28+/m0/s1. The lowest BCUT2D eigenvalue weighted by Gasteiger charge is -2.59. The number of allylic oxidation sites excluding steroid dienone is 4. The second kappa shape index (κ2) is 9.37. The highest BCUT2D eigenvalue weighted by atomic mass is 32.2. The van der Waals surface area contributed by atoms with Gasteiger partial charge in [-0.1, -0.05) is 38.8 Å². The monoisotopic (exact) mass is 518 g/mol. The summed E-state index contributed by atoms with van der Waals surface area (Å²) in [6.07, 6.45) is 9.84. The van der Waals surface area contributed by atoms with E-state index in [-0.39, 0.29) is 47.1 Å². The molecule has 36 heavy (non-hydrogen) atoms. The lowest BCUT2D eigenvalue weighted by Crippen LogP contribution is -2.63. The van der Waals surface area contributed by atoms with Crippen molar-refractivity contribution < 1.29 is 33.7 Å². The number of esters is 1. The van der Waals surface area contributed by atoms with E-state index in [1.54, 1.807) is 12.2 Å². The zero-order valence-electron chi connectivity index (χ0n) is 21.7. The van der Waals surface area contributed by atoms with Gasteiger partial charge in [-0.2, -0.15) is 11.8 Å². The third kappa shape index (κ3) is 3.69. The lowest BCUT2D eigenvalue weighted by atomic mass is 9.46. The minimum Gasteiger partial charge on any atom is -0.457 e. The Morgan fingerprint density at radius 2 is 2.08 bits per heavy atom. The molecular weight excluding hydrogens is 480 g/mol. The summed E-state index contributed by atoms with van der Waals surface area (Å²) in [5.74, 6) is -0.269. The first-order valence-electron chi connectivity index (χ1n) is 13.2. The Morgan fingerprint density at radius 3 is 2.81 bits per heavy atom. The fourth-order valence-corrected chi connectivity index (χ4v) is 8.74. The number of carbonyl (C=O) groups is 3.